The van der Waals surface area contributed by atoms with Crippen molar-refractivity contribution in [2.45, 2.75) is 6.04 Å². The van der Waals surface area contributed by atoms with Crippen LogP contribution >= 0.6 is 23.2 Å². The Balaban J connectivity index is 2.31. The van der Waals surface area contributed by atoms with E-state index >= 15 is 0 Å². The predicted octanol–water partition coefficient (Wildman–Crippen LogP) is 4.05. The zero-order valence-corrected chi connectivity index (χ0v) is 11.4. The minimum Gasteiger partial charge on any atom is -0.495 e. The molecule has 0 amide bonds. The van der Waals surface area contributed by atoms with Gasteiger partial charge in [-0.3, -0.25) is 0 Å². The van der Waals surface area contributed by atoms with Gasteiger partial charge in [-0.25, -0.2) is 0 Å². The molecule has 2 aromatic carbocycles. The first-order valence-electron chi connectivity index (χ1n) is 5.46. The summed E-state index contributed by atoms with van der Waals surface area (Å²) in [5, 5.41) is 1.25. The first-order chi connectivity index (χ1) is 8.61. The molecular formula is C14H13Cl2NO. The van der Waals surface area contributed by atoms with Crippen molar-refractivity contribution in [2.24, 2.45) is 5.73 Å². The second kappa shape index (κ2) is 5.61. The molecule has 2 nitrogen and oxygen atoms in total. The van der Waals surface area contributed by atoms with E-state index in [0.717, 1.165) is 11.1 Å². The molecular weight excluding hydrogens is 269 g/mol. The van der Waals surface area contributed by atoms with E-state index in [1.165, 1.54) is 0 Å². The number of halogens is 2. The number of benzene rings is 2. The van der Waals surface area contributed by atoms with Gasteiger partial charge in [0.05, 0.1) is 18.2 Å². The van der Waals surface area contributed by atoms with Gasteiger partial charge in [-0.1, -0.05) is 41.4 Å². The Kier molecular flexibility index (Phi) is 4.12. The lowest BCUT2D eigenvalue weighted by molar-refractivity contribution is 0.415. The normalized spacial score (nSPS) is 12.2. The van der Waals surface area contributed by atoms with Crippen LogP contribution in [0.3, 0.4) is 0 Å². The van der Waals surface area contributed by atoms with Crippen LogP contribution in [0.25, 0.3) is 0 Å². The molecule has 0 aliphatic rings. The number of ether oxygens (including phenoxy) is 1. The molecule has 0 aliphatic carbocycles. The molecule has 0 saturated carbocycles. The molecule has 1 unspecified atom stereocenters. The molecule has 0 radical (unpaired) electrons. The van der Waals surface area contributed by atoms with Crippen LogP contribution in [0.15, 0.2) is 42.5 Å². The lowest BCUT2D eigenvalue weighted by atomic mass is 10.00. The Morgan fingerprint density at radius 1 is 1.00 bits per heavy atom. The van der Waals surface area contributed by atoms with Crippen molar-refractivity contribution >= 4 is 23.2 Å². The third-order valence-electron chi connectivity index (χ3n) is 2.76. The Labute approximate surface area is 116 Å². The fraction of sp³-hybridized carbons (Fsp3) is 0.143. The van der Waals surface area contributed by atoms with E-state index in [1.807, 2.05) is 42.5 Å². The minimum atomic E-state index is -0.231. The molecule has 0 fully saturated rings. The third-order valence-corrected chi connectivity index (χ3v) is 3.31. The van der Waals surface area contributed by atoms with Crippen LogP contribution in [0.4, 0.5) is 0 Å². The van der Waals surface area contributed by atoms with Crippen LogP contribution in [0.5, 0.6) is 5.75 Å². The molecule has 0 spiro atoms. The first kappa shape index (κ1) is 13.2. The van der Waals surface area contributed by atoms with E-state index in [1.54, 1.807) is 7.11 Å². The van der Waals surface area contributed by atoms with Crippen LogP contribution < -0.4 is 10.5 Å². The van der Waals surface area contributed by atoms with E-state index in [-0.39, 0.29) is 6.04 Å². The smallest absolute Gasteiger partial charge is 0.137 e. The molecule has 0 heterocycles. The largest absolute Gasteiger partial charge is 0.495 e. The molecule has 1 atom stereocenters. The molecule has 2 N–H and O–H groups in total. The summed E-state index contributed by atoms with van der Waals surface area (Å²) in [6.45, 7) is 0. The van der Waals surface area contributed by atoms with E-state index < -0.39 is 0 Å². The molecule has 2 rings (SSSR count). The highest BCUT2D eigenvalue weighted by molar-refractivity contribution is 6.32. The molecule has 18 heavy (non-hydrogen) atoms. The van der Waals surface area contributed by atoms with Gasteiger partial charge >= 0.3 is 0 Å². The van der Waals surface area contributed by atoms with Gasteiger partial charge in [-0.2, -0.15) is 0 Å². The Hall–Kier alpha value is -1.22. The molecule has 0 aliphatic heterocycles. The summed E-state index contributed by atoms with van der Waals surface area (Å²) >= 11 is 11.9. The van der Waals surface area contributed by atoms with Crippen molar-refractivity contribution < 1.29 is 4.74 Å². The summed E-state index contributed by atoms with van der Waals surface area (Å²) in [6.07, 6.45) is 0. The van der Waals surface area contributed by atoms with Gasteiger partial charge in [0.2, 0.25) is 0 Å². The maximum absolute atomic E-state index is 6.18. The highest BCUT2D eigenvalue weighted by Crippen LogP contribution is 2.29. The van der Waals surface area contributed by atoms with Gasteiger partial charge < -0.3 is 10.5 Å². The summed E-state index contributed by atoms with van der Waals surface area (Å²) < 4.78 is 5.11. The minimum absolute atomic E-state index is 0.231. The van der Waals surface area contributed by atoms with Crippen LogP contribution in [-0.2, 0) is 0 Å². The summed E-state index contributed by atoms with van der Waals surface area (Å²) in [7, 11) is 1.58. The molecule has 0 bridgehead atoms. The van der Waals surface area contributed by atoms with E-state index in [4.69, 9.17) is 33.7 Å². The Bertz CT molecular complexity index is 540. The van der Waals surface area contributed by atoms with Crippen LogP contribution in [-0.4, -0.2) is 7.11 Å². The number of hydrogen-bond acceptors (Lipinski definition) is 2. The summed E-state index contributed by atoms with van der Waals surface area (Å²) in [6, 6.07) is 12.8. The number of hydrogen-bond donors (Lipinski definition) is 1. The fourth-order valence-corrected chi connectivity index (χ4v) is 2.13. The number of rotatable bonds is 3. The van der Waals surface area contributed by atoms with Crippen molar-refractivity contribution in [1.29, 1.82) is 0 Å². The van der Waals surface area contributed by atoms with Crippen molar-refractivity contribution in [3.63, 3.8) is 0 Å². The van der Waals surface area contributed by atoms with Gasteiger partial charge in [0, 0.05) is 5.02 Å². The number of nitrogens with two attached hydrogens (primary N) is 1. The molecule has 94 valence electrons. The van der Waals surface area contributed by atoms with Crippen molar-refractivity contribution in [2.75, 3.05) is 7.11 Å². The van der Waals surface area contributed by atoms with Gasteiger partial charge in [0.25, 0.3) is 0 Å². The first-order valence-corrected chi connectivity index (χ1v) is 6.22. The predicted molar refractivity (Wildman–Crippen MR) is 75.5 cm³/mol. The molecule has 0 saturated heterocycles. The number of methoxy groups -OCH3 is 1. The Morgan fingerprint density at radius 3 is 2.17 bits per heavy atom. The summed E-state index contributed by atoms with van der Waals surface area (Å²) in [5.41, 5.74) is 8.10. The maximum atomic E-state index is 6.18. The van der Waals surface area contributed by atoms with Crippen molar-refractivity contribution in [3.05, 3.63) is 63.6 Å². The SMILES string of the molecule is COc1ccc(C(N)c2ccc(Cl)cc2)cc1Cl. The van der Waals surface area contributed by atoms with Gasteiger partial charge in [-0.05, 0) is 35.4 Å². The topological polar surface area (TPSA) is 35.2 Å². The van der Waals surface area contributed by atoms with Gasteiger partial charge in [0.1, 0.15) is 5.75 Å². The van der Waals surface area contributed by atoms with Crippen molar-refractivity contribution in [1.82, 2.24) is 0 Å². The highest BCUT2D eigenvalue weighted by Gasteiger charge is 2.11. The van der Waals surface area contributed by atoms with Crippen LogP contribution in [0, 0.1) is 0 Å². The van der Waals surface area contributed by atoms with Crippen molar-refractivity contribution in [3.8, 4) is 5.75 Å². The van der Waals surface area contributed by atoms with E-state index in [9.17, 15) is 0 Å². The second-order valence-corrected chi connectivity index (χ2v) is 4.77. The lowest BCUT2D eigenvalue weighted by Crippen LogP contribution is -2.11. The van der Waals surface area contributed by atoms with Gasteiger partial charge in [-0.15, -0.1) is 0 Å². The summed E-state index contributed by atoms with van der Waals surface area (Å²) in [5.74, 6) is 0.642. The third kappa shape index (κ3) is 2.78. The zero-order valence-electron chi connectivity index (χ0n) is 9.86. The zero-order chi connectivity index (χ0) is 13.1. The van der Waals surface area contributed by atoms with E-state index in [0.29, 0.717) is 15.8 Å². The van der Waals surface area contributed by atoms with Gasteiger partial charge in [0.15, 0.2) is 0 Å². The monoisotopic (exact) mass is 281 g/mol. The molecule has 0 aromatic heterocycles. The van der Waals surface area contributed by atoms with Crippen LogP contribution in [0.2, 0.25) is 10.0 Å². The molecule has 4 heteroatoms. The lowest BCUT2D eigenvalue weighted by Gasteiger charge is -2.14. The Morgan fingerprint density at radius 2 is 1.61 bits per heavy atom. The summed E-state index contributed by atoms with van der Waals surface area (Å²) in [4.78, 5) is 0. The van der Waals surface area contributed by atoms with E-state index in [2.05, 4.69) is 0 Å². The van der Waals surface area contributed by atoms with Crippen LogP contribution in [0.1, 0.15) is 17.2 Å². The maximum Gasteiger partial charge on any atom is 0.137 e. The average molecular weight is 282 g/mol. The average Bonchev–Trinajstić information content (AvgIpc) is 2.38. The second-order valence-electron chi connectivity index (χ2n) is 3.92. The fourth-order valence-electron chi connectivity index (χ4n) is 1.74. The quantitative estimate of drug-likeness (QED) is 0.921. The highest BCUT2D eigenvalue weighted by atomic mass is 35.5. The molecule has 2 aromatic rings. The standard InChI is InChI=1S/C14H13Cl2NO/c1-18-13-7-4-10(8-12(13)16)14(17)9-2-5-11(15)6-3-9/h2-8,14H,17H2,1H3.